The highest BCUT2D eigenvalue weighted by molar-refractivity contribution is 7.88. The highest BCUT2D eigenvalue weighted by atomic mass is 32.2. The van der Waals surface area contributed by atoms with Gasteiger partial charge in [0.2, 0.25) is 15.9 Å². The Bertz CT molecular complexity index is 646. The fraction of sp³-hybridized carbons (Fsp3) is 0.733. The normalized spacial score (nSPS) is 21.8. The number of hydrogen-bond acceptors (Lipinski definition) is 6. The second-order valence-electron chi connectivity index (χ2n) is 6.52. The molecule has 1 N–H and O–H groups in total. The van der Waals surface area contributed by atoms with E-state index in [1.807, 2.05) is 11.6 Å². The molecule has 0 aliphatic carbocycles. The lowest BCUT2D eigenvalue weighted by Gasteiger charge is -2.34. The molecule has 134 valence electrons. The summed E-state index contributed by atoms with van der Waals surface area (Å²) in [5.41, 5.74) is 0. The van der Waals surface area contributed by atoms with Gasteiger partial charge in [0.15, 0.2) is 5.13 Å². The summed E-state index contributed by atoms with van der Waals surface area (Å²) in [6.07, 6.45) is 6.11. The van der Waals surface area contributed by atoms with Crippen LogP contribution in [0, 0.1) is 5.92 Å². The number of piperidine rings is 2. The van der Waals surface area contributed by atoms with E-state index >= 15 is 0 Å². The Morgan fingerprint density at radius 1 is 1.21 bits per heavy atom. The zero-order valence-electron chi connectivity index (χ0n) is 13.8. The number of anilines is 1. The Hall–Kier alpha value is -1.19. The van der Waals surface area contributed by atoms with Crippen molar-refractivity contribution in [3.63, 3.8) is 0 Å². The molecule has 0 radical (unpaired) electrons. The number of hydrogen-bond donors (Lipinski definition) is 1. The van der Waals surface area contributed by atoms with Gasteiger partial charge in [-0.05, 0) is 25.7 Å². The van der Waals surface area contributed by atoms with Crippen LogP contribution in [0.3, 0.4) is 0 Å². The van der Waals surface area contributed by atoms with E-state index in [4.69, 9.17) is 0 Å². The first-order valence-corrected chi connectivity index (χ1v) is 11.1. The predicted octanol–water partition coefficient (Wildman–Crippen LogP) is 0.900. The van der Waals surface area contributed by atoms with E-state index < -0.39 is 10.0 Å². The summed E-state index contributed by atoms with van der Waals surface area (Å²) in [6.45, 7) is 2.70. The third-order valence-corrected chi connectivity index (χ3v) is 6.96. The van der Waals surface area contributed by atoms with Crippen LogP contribution in [0.4, 0.5) is 5.13 Å². The second kappa shape index (κ2) is 7.37. The quantitative estimate of drug-likeness (QED) is 0.849. The molecular formula is C15H24N4O3S2. The average molecular weight is 373 g/mol. The molecule has 3 heterocycles. The molecule has 0 atom stereocenters. The fourth-order valence-corrected chi connectivity index (χ4v) is 4.93. The molecule has 3 rings (SSSR count). The van der Waals surface area contributed by atoms with E-state index in [1.165, 1.54) is 10.6 Å². The molecule has 0 saturated carbocycles. The van der Waals surface area contributed by atoms with Gasteiger partial charge in [-0.15, -0.1) is 11.3 Å². The van der Waals surface area contributed by atoms with E-state index in [-0.39, 0.29) is 17.9 Å². The molecule has 2 aliphatic rings. The summed E-state index contributed by atoms with van der Waals surface area (Å²) in [5, 5.41) is 6.18. The Labute approximate surface area is 147 Å². The number of amides is 1. The second-order valence-corrected chi connectivity index (χ2v) is 9.38. The van der Waals surface area contributed by atoms with Crippen LogP contribution in [-0.2, 0) is 14.8 Å². The number of carbonyl (C=O) groups excluding carboxylic acids is 1. The minimum atomic E-state index is -3.14. The number of nitrogens with one attached hydrogen (secondary N) is 1. The molecular weight excluding hydrogens is 348 g/mol. The molecule has 24 heavy (non-hydrogen) atoms. The molecule has 7 nitrogen and oxygen atoms in total. The van der Waals surface area contributed by atoms with Crippen molar-refractivity contribution in [1.82, 2.24) is 14.6 Å². The molecule has 0 aromatic carbocycles. The van der Waals surface area contributed by atoms with Crippen molar-refractivity contribution in [3.8, 4) is 0 Å². The van der Waals surface area contributed by atoms with E-state index in [0.717, 1.165) is 31.1 Å². The van der Waals surface area contributed by atoms with E-state index in [9.17, 15) is 13.2 Å². The third kappa shape index (κ3) is 4.25. The zero-order valence-corrected chi connectivity index (χ0v) is 15.5. The van der Waals surface area contributed by atoms with Gasteiger partial charge in [0, 0.05) is 49.7 Å². The van der Waals surface area contributed by atoms with E-state index in [1.54, 1.807) is 11.3 Å². The van der Waals surface area contributed by atoms with Crippen molar-refractivity contribution in [2.75, 3.05) is 37.3 Å². The zero-order chi connectivity index (χ0) is 17.2. The van der Waals surface area contributed by atoms with Gasteiger partial charge in [-0.2, -0.15) is 0 Å². The van der Waals surface area contributed by atoms with Crippen molar-refractivity contribution in [2.45, 2.75) is 31.7 Å². The lowest BCUT2D eigenvalue weighted by atomic mass is 9.96. The summed E-state index contributed by atoms with van der Waals surface area (Å²) < 4.78 is 24.5. The molecule has 2 fully saturated rings. The Morgan fingerprint density at radius 2 is 1.88 bits per heavy atom. The van der Waals surface area contributed by atoms with Crippen LogP contribution in [0.2, 0.25) is 0 Å². The van der Waals surface area contributed by atoms with Gasteiger partial charge in [0.25, 0.3) is 0 Å². The molecule has 0 bridgehead atoms. The van der Waals surface area contributed by atoms with Gasteiger partial charge in [0.1, 0.15) is 0 Å². The van der Waals surface area contributed by atoms with Crippen molar-refractivity contribution >= 4 is 32.4 Å². The maximum absolute atomic E-state index is 12.4. The standard InChI is InChI=1S/C15H24N4O3S2/c1-24(21,22)19-9-2-12(3-10-19)14(20)17-13-4-7-18(8-5-13)15-16-6-11-23-15/h6,11-13H,2-5,7-10H2,1H3,(H,17,20). The van der Waals surface area contributed by atoms with Crippen molar-refractivity contribution < 1.29 is 13.2 Å². The number of nitrogens with zero attached hydrogens (tertiary/aromatic N) is 3. The van der Waals surface area contributed by atoms with Gasteiger partial charge in [0.05, 0.1) is 6.26 Å². The van der Waals surface area contributed by atoms with Crippen LogP contribution in [0.5, 0.6) is 0 Å². The van der Waals surface area contributed by atoms with Gasteiger partial charge in [-0.1, -0.05) is 0 Å². The molecule has 1 aromatic rings. The fourth-order valence-electron chi connectivity index (χ4n) is 3.36. The number of rotatable bonds is 4. The molecule has 9 heteroatoms. The summed E-state index contributed by atoms with van der Waals surface area (Å²) in [6, 6.07) is 0.210. The minimum Gasteiger partial charge on any atom is -0.353 e. The molecule has 1 aromatic heterocycles. The summed E-state index contributed by atoms with van der Waals surface area (Å²) in [5.74, 6) is 0.0100. The first kappa shape index (κ1) is 17.6. The van der Waals surface area contributed by atoms with Gasteiger partial charge < -0.3 is 10.2 Å². The molecule has 0 unspecified atom stereocenters. The Kier molecular flexibility index (Phi) is 5.41. The smallest absolute Gasteiger partial charge is 0.223 e. The summed E-state index contributed by atoms with van der Waals surface area (Å²) in [4.78, 5) is 19.0. The molecule has 2 saturated heterocycles. The third-order valence-electron chi connectivity index (χ3n) is 4.82. The SMILES string of the molecule is CS(=O)(=O)N1CCC(C(=O)NC2CCN(c3nccs3)CC2)CC1. The van der Waals surface area contributed by atoms with Crippen LogP contribution in [0.15, 0.2) is 11.6 Å². The summed E-state index contributed by atoms with van der Waals surface area (Å²) >= 11 is 1.64. The van der Waals surface area contributed by atoms with Crippen LogP contribution in [0.25, 0.3) is 0 Å². The van der Waals surface area contributed by atoms with Crippen molar-refractivity contribution in [1.29, 1.82) is 0 Å². The van der Waals surface area contributed by atoms with Crippen LogP contribution >= 0.6 is 11.3 Å². The highest BCUT2D eigenvalue weighted by Gasteiger charge is 2.30. The maximum atomic E-state index is 12.4. The van der Waals surface area contributed by atoms with Gasteiger partial charge in [-0.3, -0.25) is 4.79 Å². The number of aromatic nitrogens is 1. The number of sulfonamides is 1. The van der Waals surface area contributed by atoms with Gasteiger partial charge in [-0.25, -0.2) is 17.7 Å². The Balaban J connectivity index is 1.43. The van der Waals surface area contributed by atoms with Crippen LogP contribution < -0.4 is 10.2 Å². The lowest BCUT2D eigenvalue weighted by molar-refractivity contribution is -0.127. The monoisotopic (exact) mass is 372 g/mol. The van der Waals surface area contributed by atoms with Gasteiger partial charge >= 0.3 is 0 Å². The molecule has 2 aliphatic heterocycles. The van der Waals surface area contributed by atoms with Crippen LogP contribution in [0.1, 0.15) is 25.7 Å². The lowest BCUT2D eigenvalue weighted by Crippen LogP contribution is -2.48. The maximum Gasteiger partial charge on any atom is 0.223 e. The number of carbonyl (C=O) groups is 1. The first-order chi connectivity index (χ1) is 11.4. The molecule has 0 spiro atoms. The van der Waals surface area contributed by atoms with Crippen molar-refractivity contribution in [3.05, 3.63) is 11.6 Å². The van der Waals surface area contributed by atoms with E-state index in [0.29, 0.717) is 25.9 Å². The minimum absolute atomic E-state index is 0.0695. The van der Waals surface area contributed by atoms with E-state index in [2.05, 4.69) is 15.2 Å². The van der Waals surface area contributed by atoms with Crippen LogP contribution in [-0.4, -0.2) is 62.1 Å². The highest BCUT2D eigenvalue weighted by Crippen LogP contribution is 2.23. The first-order valence-electron chi connectivity index (χ1n) is 8.33. The summed E-state index contributed by atoms with van der Waals surface area (Å²) in [7, 11) is -3.14. The Morgan fingerprint density at radius 3 is 2.42 bits per heavy atom. The number of thiazole rings is 1. The largest absolute Gasteiger partial charge is 0.353 e. The average Bonchev–Trinajstić information content (AvgIpc) is 3.09. The molecule has 1 amide bonds. The topological polar surface area (TPSA) is 82.6 Å². The predicted molar refractivity (Wildman–Crippen MR) is 94.6 cm³/mol. The van der Waals surface area contributed by atoms with Crippen molar-refractivity contribution in [2.24, 2.45) is 5.92 Å².